The number of anilines is 1. The molecule has 128 valence electrons. The molecule has 23 heavy (non-hydrogen) atoms. The lowest BCUT2D eigenvalue weighted by molar-refractivity contribution is -0.107. The first-order valence-corrected chi connectivity index (χ1v) is 7.39. The van der Waals surface area contributed by atoms with Gasteiger partial charge < -0.3 is 19.8 Å². The second-order valence-electron chi connectivity index (χ2n) is 5.95. The summed E-state index contributed by atoms with van der Waals surface area (Å²) in [6, 6.07) is 0. The van der Waals surface area contributed by atoms with E-state index < -0.39 is 29.7 Å². The summed E-state index contributed by atoms with van der Waals surface area (Å²) < 4.78 is 6.53. The largest absolute Gasteiger partial charge is 0.394 e. The Bertz CT molecular complexity index is 667. The number of H-pyrrole nitrogens is 1. The van der Waals surface area contributed by atoms with Crippen molar-refractivity contribution in [3.8, 4) is 0 Å². The Balaban J connectivity index is 2.39. The van der Waals surface area contributed by atoms with Gasteiger partial charge in [0.05, 0.1) is 12.7 Å². The van der Waals surface area contributed by atoms with Crippen LogP contribution in [0.1, 0.15) is 26.5 Å². The van der Waals surface area contributed by atoms with E-state index in [0.29, 0.717) is 13.0 Å². The number of aromatic nitrogens is 2. The van der Waals surface area contributed by atoms with Crippen LogP contribution in [0, 0.1) is 5.92 Å². The van der Waals surface area contributed by atoms with Crippen molar-refractivity contribution in [1.82, 2.24) is 9.55 Å². The van der Waals surface area contributed by atoms with Gasteiger partial charge in [-0.05, 0) is 5.92 Å². The van der Waals surface area contributed by atoms with Gasteiger partial charge >= 0.3 is 5.69 Å². The Kier molecular flexibility index (Phi) is 5.34. The highest BCUT2D eigenvalue weighted by molar-refractivity contribution is 5.73. The maximum Gasteiger partial charge on any atom is 0.330 e. The molecule has 0 bridgehead atoms. The van der Waals surface area contributed by atoms with E-state index in [1.165, 1.54) is 11.1 Å². The molecule has 2 heterocycles. The summed E-state index contributed by atoms with van der Waals surface area (Å²) in [7, 11) is 0. The third-order valence-corrected chi connectivity index (χ3v) is 3.64. The minimum Gasteiger partial charge on any atom is -0.394 e. The van der Waals surface area contributed by atoms with Crippen molar-refractivity contribution in [1.29, 1.82) is 0 Å². The van der Waals surface area contributed by atoms with Crippen LogP contribution < -0.4 is 16.1 Å². The first-order chi connectivity index (χ1) is 10.9. The number of aliphatic hydroxyl groups is 2. The Morgan fingerprint density at radius 1 is 1.52 bits per heavy atom. The predicted molar refractivity (Wildman–Crippen MR) is 81.2 cm³/mol. The van der Waals surface area contributed by atoms with Crippen LogP contribution in [-0.2, 0) is 9.53 Å². The molecule has 1 aromatic heterocycles. The van der Waals surface area contributed by atoms with Crippen LogP contribution in [0.15, 0.2) is 15.8 Å². The first-order valence-electron chi connectivity index (χ1n) is 7.39. The number of carbonyl (C=O) groups excluding carboxylic acids is 1. The van der Waals surface area contributed by atoms with Crippen molar-refractivity contribution < 1.29 is 19.7 Å². The number of amides is 1. The van der Waals surface area contributed by atoms with Crippen LogP contribution in [0.3, 0.4) is 0 Å². The molecule has 1 saturated heterocycles. The smallest absolute Gasteiger partial charge is 0.330 e. The van der Waals surface area contributed by atoms with Gasteiger partial charge in [-0.25, -0.2) is 4.79 Å². The molecule has 3 N–H and O–H groups in total. The van der Waals surface area contributed by atoms with E-state index in [4.69, 9.17) is 9.84 Å². The number of nitrogens with one attached hydrogen (secondary N) is 1. The maximum absolute atomic E-state index is 12.0. The molecule has 9 heteroatoms. The highest BCUT2D eigenvalue weighted by Crippen LogP contribution is 2.27. The van der Waals surface area contributed by atoms with Crippen molar-refractivity contribution in [2.45, 2.75) is 38.7 Å². The lowest BCUT2D eigenvalue weighted by Crippen LogP contribution is -2.38. The topological polar surface area (TPSA) is 125 Å². The average Bonchev–Trinajstić information content (AvgIpc) is 2.86. The number of hydrogen-bond donors (Lipinski definition) is 3. The SMILES string of the molecule is CC(C)CN(C=O)c1cn([C@H]2C[C@H](O)[C@@H](CO)O2)c(=O)[nH]c1=O. The van der Waals surface area contributed by atoms with Crippen molar-refractivity contribution in [3.05, 3.63) is 27.0 Å². The number of carbonyl (C=O) groups is 1. The van der Waals surface area contributed by atoms with Crippen molar-refractivity contribution in [3.63, 3.8) is 0 Å². The summed E-state index contributed by atoms with van der Waals surface area (Å²) in [6.07, 6.45) is -0.653. The van der Waals surface area contributed by atoms with E-state index in [2.05, 4.69) is 4.98 Å². The zero-order chi connectivity index (χ0) is 17.1. The molecule has 3 atom stereocenters. The molecule has 2 rings (SSSR count). The molecule has 9 nitrogen and oxygen atoms in total. The molecular formula is C14H21N3O6. The first kappa shape index (κ1) is 17.4. The number of hydrogen-bond acceptors (Lipinski definition) is 6. The summed E-state index contributed by atoms with van der Waals surface area (Å²) >= 11 is 0. The summed E-state index contributed by atoms with van der Waals surface area (Å²) in [4.78, 5) is 38.6. The molecule has 0 spiro atoms. The number of aliphatic hydroxyl groups excluding tert-OH is 2. The molecule has 1 fully saturated rings. The molecular weight excluding hydrogens is 306 g/mol. The van der Waals surface area contributed by atoms with Crippen LogP contribution in [0.2, 0.25) is 0 Å². The van der Waals surface area contributed by atoms with E-state index in [1.807, 2.05) is 13.8 Å². The summed E-state index contributed by atoms with van der Waals surface area (Å²) in [5.41, 5.74) is -1.35. The van der Waals surface area contributed by atoms with E-state index in [1.54, 1.807) is 0 Å². The molecule has 1 aliphatic heterocycles. The van der Waals surface area contributed by atoms with Gasteiger partial charge in [-0.2, -0.15) is 0 Å². The van der Waals surface area contributed by atoms with Crippen LogP contribution in [0.5, 0.6) is 0 Å². The summed E-state index contributed by atoms with van der Waals surface area (Å²) in [6.45, 7) is 3.72. The Morgan fingerprint density at radius 2 is 2.22 bits per heavy atom. The zero-order valence-corrected chi connectivity index (χ0v) is 13.0. The molecule has 0 saturated carbocycles. The third-order valence-electron chi connectivity index (χ3n) is 3.64. The van der Waals surface area contributed by atoms with Gasteiger partial charge in [-0.15, -0.1) is 0 Å². The van der Waals surface area contributed by atoms with Crippen molar-refractivity contribution in [2.75, 3.05) is 18.1 Å². The van der Waals surface area contributed by atoms with Crippen LogP contribution in [0.25, 0.3) is 0 Å². The lowest BCUT2D eigenvalue weighted by atomic mass is 10.2. The standard InChI is InChI=1S/C14H21N3O6/c1-8(2)4-16(7-19)9-5-17(14(22)15-13(9)21)12-3-10(20)11(6-18)23-12/h5,7-8,10-12,18,20H,3-4,6H2,1-2H3,(H,15,21,22)/t10-,11+,12+/m0/s1. The Morgan fingerprint density at radius 3 is 2.74 bits per heavy atom. The fourth-order valence-electron chi connectivity index (χ4n) is 2.53. The van der Waals surface area contributed by atoms with Gasteiger partial charge in [0.1, 0.15) is 18.0 Å². The fourth-order valence-corrected chi connectivity index (χ4v) is 2.53. The lowest BCUT2D eigenvalue weighted by Gasteiger charge is -2.21. The quantitative estimate of drug-likeness (QED) is 0.563. The average molecular weight is 327 g/mol. The Labute approximate surface area is 132 Å². The van der Waals surface area contributed by atoms with Crippen molar-refractivity contribution >= 4 is 12.1 Å². The molecule has 1 aromatic rings. The minimum atomic E-state index is -0.912. The van der Waals surface area contributed by atoms with E-state index in [9.17, 15) is 19.5 Å². The number of nitrogens with zero attached hydrogens (tertiary/aromatic N) is 2. The molecule has 1 aliphatic rings. The fraction of sp³-hybridized carbons (Fsp3) is 0.643. The highest BCUT2D eigenvalue weighted by Gasteiger charge is 2.35. The molecule has 0 radical (unpaired) electrons. The number of aromatic amines is 1. The van der Waals surface area contributed by atoms with Gasteiger partial charge in [-0.1, -0.05) is 13.8 Å². The monoisotopic (exact) mass is 327 g/mol. The third kappa shape index (κ3) is 3.69. The Hall–Kier alpha value is -1.97. The summed E-state index contributed by atoms with van der Waals surface area (Å²) in [5.74, 6) is 0.128. The molecule has 0 unspecified atom stereocenters. The van der Waals surface area contributed by atoms with E-state index in [-0.39, 0.29) is 24.6 Å². The van der Waals surface area contributed by atoms with Crippen LogP contribution in [0.4, 0.5) is 5.69 Å². The van der Waals surface area contributed by atoms with Gasteiger partial charge in [-0.3, -0.25) is 19.1 Å². The second-order valence-corrected chi connectivity index (χ2v) is 5.95. The summed E-state index contributed by atoms with van der Waals surface area (Å²) in [5, 5.41) is 18.9. The van der Waals surface area contributed by atoms with Gasteiger partial charge in [0.2, 0.25) is 6.41 Å². The van der Waals surface area contributed by atoms with Gasteiger partial charge in [0.25, 0.3) is 5.56 Å². The highest BCUT2D eigenvalue weighted by atomic mass is 16.5. The van der Waals surface area contributed by atoms with Crippen molar-refractivity contribution in [2.24, 2.45) is 5.92 Å². The maximum atomic E-state index is 12.0. The van der Waals surface area contributed by atoms with Gasteiger partial charge in [0, 0.05) is 19.2 Å². The van der Waals surface area contributed by atoms with E-state index >= 15 is 0 Å². The number of ether oxygens (including phenoxy) is 1. The molecule has 0 aromatic carbocycles. The van der Waals surface area contributed by atoms with E-state index in [0.717, 1.165) is 4.57 Å². The van der Waals surface area contributed by atoms with Crippen LogP contribution >= 0.6 is 0 Å². The second kappa shape index (κ2) is 7.07. The molecule has 0 aliphatic carbocycles. The van der Waals surface area contributed by atoms with Crippen LogP contribution in [-0.4, -0.2) is 51.5 Å². The zero-order valence-electron chi connectivity index (χ0n) is 13.0. The minimum absolute atomic E-state index is 0.0267. The normalized spacial score (nSPS) is 24.1. The predicted octanol–water partition coefficient (Wildman–Crippen LogP) is -1.20. The molecule has 1 amide bonds. The van der Waals surface area contributed by atoms with Gasteiger partial charge in [0.15, 0.2) is 0 Å². The number of rotatable bonds is 6.